The summed E-state index contributed by atoms with van der Waals surface area (Å²) in [7, 11) is 5.27. The van der Waals surface area contributed by atoms with Crippen molar-refractivity contribution in [1.29, 1.82) is 0 Å². The molecule has 3 saturated carbocycles. The van der Waals surface area contributed by atoms with Crippen molar-refractivity contribution in [3.63, 3.8) is 0 Å². The van der Waals surface area contributed by atoms with E-state index in [1.54, 1.807) is 14.2 Å². The maximum absolute atomic E-state index is 13.5. The zero-order valence-electron chi connectivity index (χ0n) is 19.3. The molecule has 4 heteroatoms. The number of hydrogen-bond donors (Lipinski definition) is 0. The lowest BCUT2D eigenvalue weighted by atomic mass is 9.46. The SMILES string of the molecule is COCC(C)[C@H]1CCC2C3C(=O)C=C4CC(OC)(OC)CC[C@]4(C)C3CC[C@@]21C. The molecule has 4 unspecified atom stereocenters. The number of carbonyl (C=O) groups excluding carboxylic acids is 1. The normalized spacial score (nSPS) is 44.5. The molecule has 0 heterocycles. The van der Waals surface area contributed by atoms with Crippen LogP contribution in [0.25, 0.3) is 0 Å². The Morgan fingerprint density at radius 2 is 1.76 bits per heavy atom. The first kappa shape index (κ1) is 21.5. The minimum absolute atomic E-state index is 0.108. The van der Waals surface area contributed by atoms with Gasteiger partial charge in [-0.05, 0) is 72.7 Å². The van der Waals surface area contributed by atoms with Gasteiger partial charge < -0.3 is 14.2 Å². The maximum atomic E-state index is 13.5. The Labute approximate surface area is 176 Å². The van der Waals surface area contributed by atoms with Crippen LogP contribution < -0.4 is 0 Å². The van der Waals surface area contributed by atoms with Gasteiger partial charge in [0.25, 0.3) is 0 Å². The van der Waals surface area contributed by atoms with Crippen LogP contribution in [0.2, 0.25) is 0 Å². The van der Waals surface area contributed by atoms with Crippen LogP contribution in [0.1, 0.15) is 65.7 Å². The number of carbonyl (C=O) groups is 1. The van der Waals surface area contributed by atoms with Gasteiger partial charge in [-0.1, -0.05) is 26.3 Å². The van der Waals surface area contributed by atoms with Gasteiger partial charge in [-0.15, -0.1) is 0 Å². The van der Waals surface area contributed by atoms with Gasteiger partial charge in [-0.25, -0.2) is 0 Å². The lowest BCUT2D eigenvalue weighted by Gasteiger charge is -2.58. The van der Waals surface area contributed by atoms with E-state index in [1.165, 1.54) is 31.3 Å². The molecule has 29 heavy (non-hydrogen) atoms. The van der Waals surface area contributed by atoms with Crippen LogP contribution in [-0.4, -0.2) is 39.5 Å². The molecule has 0 bridgehead atoms. The molecular weight excluding hydrogens is 364 g/mol. The summed E-state index contributed by atoms with van der Waals surface area (Å²) in [5, 5.41) is 0. The average Bonchev–Trinajstić information content (AvgIpc) is 3.06. The summed E-state index contributed by atoms with van der Waals surface area (Å²) in [5.41, 5.74) is 1.65. The quantitative estimate of drug-likeness (QED) is 0.604. The highest BCUT2D eigenvalue weighted by Gasteiger charge is 2.62. The summed E-state index contributed by atoms with van der Waals surface area (Å²) in [5.74, 6) is 2.23. The van der Waals surface area contributed by atoms with Gasteiger partial charge in [0.05, 0.1) is 0 Å². The summed E-state index contributed by atoms with van der Waals surface area (Å²) in [4.78, 5) is 13.5. The number of hydrogen-bond acceptors (Lipinski definition) is 4. The third-order valence-electron chi connectivity index (χ3n) is 9.89. The second-order valence-corrected chi connectivity index (χ2v) is 10.9. The van der Waals surface area contributed by atoms with E-state index < -0.39 is 5.79 Å². The van der Waals surface area contributed by atoms with Crippen molar-refractivity contribution in [3.8, 4) is 0 Å². The van der Waals surface area contributed by atoms with Gasteiger partial charge in [0.15, 0.2) is 11.6 Å². The third kappa shape index (κ3) is 3.08. The fourth-order valence-electron chi connectivity index (χ4n) is 8.14. The highest BCUT2D eigenvalue weighted by molar-refractivity contribution is 5.94. The van der Waals surface area contributed by atoms with Crippen molar-refractivity contribution in [2.75, 3.05) is 27.9 Å². The molecule has 0 saturated heterocycles. The molecule has 4 aliphatic rings. The second kappa shape index (κ2) is 7.46. The van der Waals surface area contributed by atoms with Gasteiger partial charge in [0.1, 0.15) is 0 Å². The molecule has 164 valence electrons. The molecule has 0 amide bonds. The molecule has 4 nitrogen and oxygen atoms in total. The van der Waals surface area contributed by atoms with E-state index in [1.807, 2.05) is 13.2 Å². The Balaban J connectivity index is 1.65. The molecule has 0 N–H and O–H groups in total. The summed E-state index contributed by atoms with van der Waals surface area (Å²) in [6.45, 7) is 8.06. The first-order chi connectivity index (χ1) is 13.7. The molecule has 3 fully saturated rings. The third-order valence-corrected chi connectivity index (χ3v) is 9.89. The van der Waals surface area contributed by atoms with Crippen LogP contribution in [0.4, 0.5) is 0 Å². The molecule has 4 rings (SSSR count). The Kier molecular flexibility index (Phi) is 5.53. The van der Waals surface area contributed by atoms with Gasteiger partial charge in [0, 0.05) is 46.7 Å². The van der Waals surface area contributed by atoms with E-state index in [-0.39, 0.29) is 16.7 Å². The van der Waals surface area contributed by atoms with E-state index in [4.69, 9.17) is 14.2 Å². The number of ether oxygens (including phenoxy) is 3. The first-order valence-corrected chi connectivity index (χ1v) is 11.6. The predicted molar refractivity (Wildman–Crippen MR) is 113 cm³/mol. The summed E-state index contributed by atoms with van der Waals surface area (Å²) >= 11 is 0. The molecule has 0 aromatic heterocycles. The monoisotopic (exact) mass is 404 g/mol. The largest absolute Gasteiger partial charge is 0.384 e. The van der Waals surface area contributed by atoms with E-state index in [0.29, 0.717) is 29.5 Å². The summed E-state index contributed by atoms with van der Waals surface area (Å²) < 4.78 is 17.0. The van der Waals surface area contributed by atoms with Crippen molar-refractivity contribution < 1.29 is 19.0 Å². The molecule has 4 aliphatic carbocycles. The number of methoxy groups -OCH3 is 3. The minimum Gasteiger partial charge on any atom is -0.384 e. The van der Waals surface area contributed by atoms with Gasteiger partial charge in [0.2, 0.25) is 0 Å². The predicted octanol–water partition coefficient (Wildman–Crippen LogP) is 5.02. The Morgan fingerprint density at radius 3 is 2.41 bits per heavy atom. The lowest BCUT2D eigenvalue weighted by Crippen LogP contribution is -2.55. The van der Waals surface area contributed by atoms with E-state index in [2.05, 4.69) is 20.8 Å². The highest BCUT2D eigenvalue weighted by atomic mass is 16.7. The molecule has 7 atom stereocenters. The summed E-state index contributed by atoms with van der Waals surface area (Å²) in [6.07, 6.45) is 9.52. The van der Waals surface area contributed by atoms with Gasteiger partial charge >= 0.3 is 0 Å². The van der Waals surface area contributed by atoms with Crippen molar-refractivity contribution in [3.05, 3.63) is 11.6 Å². The van der Waals surface area contributed by atoms with E-state index >= 15 is 0 Å². The van der Waals surface area contributed by atoms with Gasteiger partial charge in [-0.3, -0.25) is 4.79 Å². The van der Waals surface area contributed by atoms with Crippen molar-refractivity contribution in [2.45, 2.75) is 71.5 Å². The van der Waals surface area contributed by atoms with E-state index in [9.17, 15) is 4.79 Å². The van der Waals surface area contributed by atoms with Crippen LogP contribution in [0.5, 0.6) is 0 Å². The van der Waals surface area contributed by atoms with Crippen LogP contribution in [0.15, 0.2) is 11.6 Å². The average molecular weight is 405 g/mol. The van der Waals surface area contributed by atoms with Crippen molar-refractivity contribution in [2.24, 2.45) is 40.4 Å². The topological polar surface area (TPSA) is 44.8 Å². The smallest absolute Gasteiger partial charge is 0.171 e. The number of allylic oxidation sites excluding steroid dienone is 1. The molecule has 0 radical (unpaired) electrons. The zero-order chi connectivity index (χ0) is 21.0. The van der Waals surface area contributed by atoms with Crippen LogP contribution in [-0.2, 0) is 19.0 Å². The Bertz CT molecular complexity index is 680. The Hall–Kier alpha value is -0.710. The molecule has 0 aliphatic heterocycles. The van der Waals surface area contributed by atoms with Gasteiger partial charge in [-0.2, -0.15) is 0 Å². The highest BCUT2D eigenvalue weighted by Crippen LogP contribution is 2.67. The molecular formula is C25H40O4. The standard InChI is InChI=1S/C25H40O4/c1-16(15-27-4)18-7-8-19-22-20(9-10-24(18,19)3)23(2)11-12-25(28-5,29-6)14-17(23)13-21(22)26/h13,16,18-20,22H,7-12,14-15H2,1-6H3/t16?,18-,19?,20?,22?,23+,24-/m1/s1. The zero-order valence-corrected chi connectivity index (χ0v) is 19.3. The van der Waals surface area contributed by atoms with Crippen molar-refractivity contribution >= 4 is 5.78 Å². The number of fused-ring (bicyclic) bond motifs is 5. The summed E-state index contributed by atoms with van der Waals surface area (Å²) in [6, 6.07) is 0. The Morgan fingerprint density at radius 1 is 1.03 bits per heavy atom. The fourth-order valence-corrected chi connectivity index (χ4v) is 8.14. The second-order valence-electron chi connectivity index (χ2n) is 10.9. The lowest BCUT2D eigenvalue weighted by molar-refractivity contribution is -0.227. The van der Waals surface area contributed by atoms with Crippen LogP contribution in [0.3, 0.4) is 0 Å². The molecule has 0 aromatic carbocycles. The van der Waals surface area contributed by atoms with Crippen molar-refractivity contribution in [1.82, 2.24) is 0 Å². The fraction of sp³-hybridized carbons (Fsp3) is 0.880. The number of rotatable bonds is 5. The van der Waals surface area contributed by atoms with E-state index in [0.717, 1.165) is 25.9 Å². The molecule has 0 aromatic rings. The van der Waals surface area contributed by atoms with Crippen LogP contribution >= 0.6 is 0 Å². The number of ketones is 1. The minimum atomic E-state index is -0.560. The maximum Gasteiger partial charge on any atom is 0.171 e. The molecule has 0 spiro atoms. The van der Waals surface area contributed by atoms with Crippen LogP contribution in [0, 0.1) is 40.4 Å². The first-order valence-electron chi connectivity index (χ1n) is 11.6.